The summed E-state index contributed by atoms with van der Waals surface area (Å²) in [4.78, 5) is 13.1. The van der Waals surface area contributed by atoms with Gasteiger partial charge in [0.2, 0.25) is 0 Å². The highest BCUT2D eigenvalue weighted by molar-refractivity contribution is 7.92. The molecule has 0 spiro atoms. The van der Waals surface area contributed by atoms with Crippen LogP contribution in [0.4, 0.5) is 11.4 Å². The normalized spacial score (nSPS) is 11.7. The molecule has 32 heavy (non-hydrogen) atoms. The maximum atomic E-state index is 13.0. The fraction of sp³-hybridized carbons (Fsp3) is 0. The maximum Gasteiger partial charge on any atom is 0.261 e. The molecule has 0 saturated carbocycles. The number of para-hydroxylation sites is 1. The molecule has 0 aliphatic carbocycles. The molecule has 2 N–H and O–H groups in total. The SMILES string of the molecule is O=C(Nc1ccc(S(=O)(=O)Nc2ccccc2)cc1)/C(=C/c1ccco1)c1ccccc1. The molecule has 6 nitrogen and oxygen atoms in total. The Kier molecular flexibility index (Phi) is 6.19. The van der Waals surface area contributed by atoms with Crippen LogP contribution in [0.15, 0.2) is 113 Å². The van der Waals surface area contributed by atoms with E-state index in [-0.39, 0.29) is 10.8 Å². The Balaban J connectivity index is 1.53. The zero-order valence-electron chi connectivity index (χ0n) is 16.9. The highest BCUT2D eigenvalue weighted by atomic mass is 32.2. The second-order valence-corrected chi connectivity index (χ2v) is 8.57. The predicted molar refractivity (Wildman–Crippen MR) is 125 cm³/mol. The van der Waals surface area contributed by atoms with Crippen LogP contribution in [0, 0.1) is 0 Å². The summed E-state index contributed by atoms with van der Waals surface area (Å²) in [7, 11) is -3.74. The van der Waals surface area contributed by atoms with Crippen LogP contribution in [-0.2, 0) is 14.8 Å². The molecule has 0 bridgehead atoms. The Labute approximate surface area is 186 Å². The van der Waals surface area contributed by atoms with Crippen molar-refractivity contribution in [2.24, 2.45) is 0 Å². The highest BCUT2D eigenvalue weighted by Crippen LogP contribution is 2.22. The first-order valence-electron chi connectivity index (χ1n) is 9.81. The Morgan fingerprint density at radius 3 is 2.03 bits per heavy atom. The summed E-state index contributed by atoms with van der Waals surface area (Å²) in [5.74, 6) is 0.207. The number of furan rings is 1. The first-order chi connectivity index (χ1) is 15.5. The molecule has 1 aromatic heterocycles. The largest absolute Gasteiger partial charge is 0.465 e. The van der Waals surface area contributed by atoms with Gasteiger partial charge in [0.15, 0.2) is 0 Å². The Hall–Kier alpha value is -4.10. The van der Waals surface area contributed by atoms with Crippen molar-refractivity contribution in [3.8, 4) is 0 Å². The van der Waals surface area contributed by atoms with Gasteiger partial charge in [-0.1, -0.05) is 48.5 Å². The third-order valence-corrected chi connectivity index (χ3v) is 6.00. The Morgan fingerprint density at radius 2 is 1.41 bits per heavy atom. The maximum absolute atomic E-state index is 13.0. The molecule has 7 heteroatoms. The lowest BCUT2D eigenvalue weighted by atomic mass is 10.0. The lowest BCUT2D eigenvalue weighted by molar-refractivity contribution is -0.111. The molecule has 1 heterocycles. The van der Waals surface area contributed by atoms with Crippen molar-refractivity contribution in [3.05, 3.63) is 115 Å². The number of carbonyl (C=O) groups is 1. The number of benzene rings is 3. The van der Waals surface area contributed by atoms with Crippen molar-refractivity contribution in [2.45, 2.75) is 4.90 Å². The van der Waals surface area contributed by atoms with Gasteiger partial charge < -0.3 is 9.73 Å². The summed E-state index contributed by atoms with van der Waals surface area (Å²) in [6.45, 7) is 0. The number of amides is 1. The van der Waals surface area contributed by atoms with E-state index in [2.05, 4.69) is 10.0 Å². The van der Waals surface area contributed by atoms with Crippen LogP contribution < -0.4 is 10.0 Å². The summed E-state index contributed by atoms with van der Waals surface area (Å²) < 4.78 is 33.1. The van der Waals surface area contributed by atoms with Crippen LogP contribution in [0.5, 0.6) is 0 Å². The van der Waals surface area contributed by atoms with Crippen LogP contribution in [0.3, 0.4) is 0 Å². The standard InChI is InChI=1S/C25H20N2O4S/c28-25(24(18-22-12-7-17-31-22)19-8-3-1-4-9-19)26-20-13-15-23(16-14-20)32(29,30)27-21-10-5-2-6-11-21/h1-18,27H,(H,26,28)/b24-18+. The number of rotatable bonds is 7. The molecule has 4 rings (SSSR count). The molecule has 0 fully saturated rings. The molecule has 0 unspecified atom stereocenters. The Morgan fingerprint density at radius 1 is 0.750 bits per heavy atom. The molecule has 0 saturated heterocycles. The van der Waals surface area contributed by atoms with E-state index in [9.17, 15) is 13.2 Å². The van der Waals surface area contributed by atoms with Gasteiger partial charge in [0.05, 0.1) is 16.7 Å². The summed E-state index contributed by atoms with van der Waals surface area (Å²) in [5, 5.41) is 2.82. The fourth-order valence-corrected chi connectivity index (χ4v) is 4.11. The molecule has 160 valence electrons. The zero-order valence-corrected chi connectivity index (χ0v) is 17.8. The fourth-order valence-electron chi connectivity index (χ4n) is 3.05. The van der Waals surface area contributed by atoms with Gasteiger partial charge in [-0.25, -0.2) is 8.42 Å². The number of hydrogen-bond acceptors (Lipinski definition) is 4. The minimum Gasteiger partial charge on any atom is -0.465 e. The van der Waals surface area contributed by atoms with E-state index >= 15 is 0 Å². The van der Waals surface area contributed by atoms with Gasteiger partial charge in [-0.3, -0.25) is 9.52 Å². The second kappa shape index (κ2) is 9.36. The van der Waals surface area contributed by atoms with Crippen LogP contribution in [-0.4, -0.2) is 14.3 Å². The minimum atomic E-state index is -3.74. The van der Waals surface area contributed by atoms with Gasteiger partial charge in [-0.15, -0.1) is 0 Å². The van der Waals surface area contributed by atoms with Crippen molar-refractivity contribution in [1.29, 1.82) is 0 Å². The first-order valence-corrected chi connectivity index (χ1v) is 11.3. The molecule has 4 aromatic rings. The molecular weight excluding hydrogens is 424 g/mol. The number of nitrogens with one attached hydrogen (secondary N) is 2. The topological polar surface area (TPSA) is 88.4 Å². The smallest absolute Gasteiger partial charge is 0.261 e. The van der Waals surface area contributed by atoms with Gasteiger partial charge in [0, 0.05) is 11.4 Å². The number of anilines is 2. The monoisotopic (exact) mass is 444 g/mol. The average Bonchev–Trinajstić information content (AvgIpc) is 3.32. The second-order valence-electron chi connectivity index (χ2n) is 6.89. The lowest BCUT2D eigenvalue weighted by Crippen LogP contribution is -2.15. The van der Waals surface area contributed by atoms with E-state index < -0.39 is 10.0 Å². The third-order valence-electron chi connectivity index (χ3n) is 4.61. The van der Waals surface area contributed by atoms with Crippen LogP contribution in [0.1, 0.15) is 11.3 Å². The van der Waals surface area contributed by atoms with Crippen molar-refractivity contribution in [2.75, 3.05) is 10.0 Å². The van der Waals surface area contributed by atoms with Gasteiger partial charge in [-0.05, 0) is 60.2 Å². The highest BCUT2D eigenvalue weighted by Gasteiger charge is 2.16. The van der Waals surface area contributed by atoms with E-state index in [1.54, 1.807) is 60.7 Å². The Bertz CT molecular complexity index is 1310. The predicted octanol–water partition coefficient (Wildman–Crippen LogP) is 5.26. The molecular formula is C25H20N2O4S. The van der Waals surface area contributed by atoms with E-state index in [4.69, 9.17) is 4.42 Å². The van der Waals surface area contributed by atoms with E-state index in [1.165, 1.54) is 18.4 Å². The number of hydrogen-bond donors (Lipinski definition) is 2. The minimum absolute atomic E-state index is 0.0914. The summed E-state index contributed by atoms with van der Waals surface area (Å²) in [5.41, 5.74) is 2.09. The van der Waals surface area contributed by atoms with Gasteiger partial charge in [0.25, 0.3) is 15.9 Å². The third kappa shape index (κ3) is 5.14. The summed E-state index contributed by atoms with van der Waals surface area (Å²) in [6.07, 6.45) is 3.20. The molecule has 0 aliphatic rings. The van der Waals surface area contributed by atoms with Crippen molar-refractivity contribution in [1.82, 2.24) is 0 Å². The van der Waals surface area contributed by atoms with E-state index in [1.807, 2.05) is 30.3 Å². The van der Waals surface area contributed by atoms with Crippen molar-refractivity contribution < 1.29 is 17.6 Å². The lowest BCUT2D eigenvalue weighted by Gasteiger charge is -2.11. The summed E-state index contributed by atoms with van der Waals surface area (Å²) >= 11 is 0. The van der Waals surface area contributed by atoms with Gasteiger partial charge >= 0.3 is 0 Å². The summed E-state index contributed by atoms with van der Waals surface area (Å²) in [6, 6.07) is 27.4. The zero-order chi connectivity index (χ0) is 22.4. The van der Waals surface area contributed by atoms with Crippen LogP contribution >= 0.6 is 0 Å². The van der Waals surface area contributed by atoms with Crippen molar-refractivity contribution >= 4 is 39.0 Å². The van der Waals surface area contributed by atoms with Crippen molar-refractivity contribution in [3.63, 3.8) is 0 Å². The molecule has 0 atom stereocenters. The molecule has 1 amide bonds. The van der Waals surface area contributed by atoms with Gasteiger partial charge in [0.1, 0.15) is 5.76 Å². The molecule has 0 aliphatic heterocycles. The van der Waals surface area contributed by atoms with Gasteiger partial charge in [-0.2, -0.15) is 0 Å². The van der Waals surface area contributed by atoms with Crippen LogP contribution in [0.2, 0.25) is 0 Å². The molecule has 3 aromatic carbocycles. The quantitative estimate of drug-likeness (QED) is 0.381. The number of carbonyl (C=O) groups excluding carboxylic acids is 1. The van der Waals surface area contributed by atoms with Crippen LogP contribution in [0.25, 0.3) is 11.6 Å². The van der Waals surface area contributed by atoms with E-state index in [0.717, 1.165) is 5.56 Å². The average molecular weight is 445 g/mol. The molecule has 0 radical (unpaired) electrons. The first kappa shape index (κ1) is 21.1. The number of sulfonamides is 1. The van der Waals surface area contributed by atoms with E-state index in [0.29, 0.717) is 22.7 Å².